The average Bonchev–Trinajstić information content (AvgIpc) is 2.77. The molecular formula is C20H25ClN4O3S2. The molecule has 1 aliphatic rings. The highest BCUT2D eigenvalue weighted by atomic mass is 35.5. The van der Waals surface area contributed by atoms with Crippen molar-refractivity contribution >= 4 is 45.1 Å². The van der Waals surface area contributed by atoms with Crippen molar-refractivity contribution in [2.75, 3.05) is 43.1 Å². The van der Waals surface area contributed by atoms with Crippen molar-refractivity contribution in [3.8, 4) is 0 Å². The van der Waals surface area contributed by atoms with Crippen molar-refractivity contribution < 1.29 is 13.2 Å². The molecule has 1 aromatic carbocycles. The Morgan fingerprint density at radius 3 is 2.47 bits per heavy atom. The quantitative estimate of drug-likeness (QED) is 0.641. The van der Waals surface area contributed by atoms with Gasteiger partial charge < -0.3 is 9.80 Å². The molecule has 1 fully saturated rings. The standard InChI is InChI=1S/C20H25ClN4O3S2/c1-29-14-9-18(23-30(27,28)17-5-3-2-4-6-17)20(26)25-12-10-24(11-13-25)19-8-7-16(21)15-22-19/h2-8,15,18,23H,9-14H2,1H3. The largest absolute Gasteiger partial charge is 0.353 e. The van der Waals surface area contributed by atoms with Gasteiger partial charge in [0.25, 0.3) is 0 Å². The maximum atomic E-state index is 13.1. The van der Waals surface area contributed by atoms with Gasteiger partial charge in [-0.2, -0.15) is 16.5 Å². The molecule has 10 heteroatoms. The molecule has 2 heterocycles. The van der Waals surface area contributed by atoms with Crippen LogP contribution in [0.2, 0.25) is 5.02 Å². The highest BCUT2D eigenvalue weighted by Crippen LogP contribution is 2.18. The summed E-state index contributed by atoms with van der Waals surface area (Å²) in [5, 5.41) is 0.579. The smallest absolute Gasteiger partial charge is 0.241 e. The second kappa shape index (κ2) is 10.5. The van der Waals surface area contributed by atoms with Gasteiger partial charge in [0.2, 0.25) is 15.9 Å². The number of anilines is 1. The molecule has 1 aliphatic heterocycles. The number of halogens is 1. The van der Waals surface area contributed by atoms with E-state index in [2.05, 4.69) is 14.6 Å². The Morgan fingerprint density at radius 2 is 1.87 bits per heavy atom. The fraction of sp³-hybridized carbons (Fsp3) is 0.400. The molecule has 1 saturated heterocycles. The summed E-state index contributed by atoms with van der Waals surface area (Å²) in [5.41, 5.74) is 0. The van der Waals surface area contributed by atoms with E-state index in [1.165, 1.54) is 12.1 Å². The normalized spacial score (nSPS) is 15.8. The summed E-state index contributed by atoms with van der Waals surface area (Å²) < 4.78 is 28.1. The van der Waals surface area contributed by atoms with Crippen molar-refractivity contribution in [2.24, 2.45) is 0 Å². The Kier molecular flexibility index (Phi) is 7.99. The maximum absolute atomic E-state index is 13.1. The Bertz CT molecular complexity index is 934. The monoisotopic (exact) mass is 468 g/mol. The van der Waals surface area contributed by atoms with Crippen LogP contribution in [0.1, 0.15) is 6.42 Å². The van der Waals surface area contributed by atoms with Crippen molar-refractivity contribution in [2.45, 2.75) is 17.4 Å². The van der Waals surface area contributed by atoms with Crippen molar-refractivity contribution in [1.29, 1.82) is 0 Å². The minimum absolute atomic E-state index is 0.158. The number of sulfonamides is 1. The SMILES string of the molecule is CSCCC(NS(=O)(=O)c1ccccc1)C(=O)N1CCN(c2ccc(Cl)cn2)CC1. The average molecular weight is 469 g/mol. The lowest BCUT2D eigenvalue weighted by molar-refractivity contribution is -0.133. The second-order valence-corrected chi connectivity index (χ2v) is 10.1. The van der Waals surface area contributed by atoms with E-state index in [0.717, 1.165) is 5.82 Å². The van der Waals surface area contributed by atoms with Crippen molar-refractivity contribution in [3.63, 3.8) is 0 Å². The summed E-state index contributed by atoms with van der Waals surface area (Å²) >= 11 is 7.48. The highest BCUT2D eigenvalue weighted by molar-refractivity contribution is 7.98. The molecule has 1 aromatic heterocycles. The zero-order valence-electron chi connectivity index (χ0n) is 16.7. The lowest BCUT2D eigenvalue weighted by Gasteiger charge is -2.37. The number of rotatable bonds is 8. The van der Waals surface area contributed by atoms with E-state index >= 15 is 0 Å². The molecule has 0 radical (unpaired) electrons. The Hall–Kier alpha value is -1.81. The number of pyridine rings is 1. The number of carbonyl (C=O) groups excluding carboxylic acids is 1. The van der Waals surface area contributed by atoms with Crippen LogP contribution in [0.25, 0.3) is 0 Å². The zero-order valence-corrected chi connectivity index (χ0v) is 19.1. The molecule has 30 heavy (non-hydrogen) atoms. The molecule has 1 N–H and O–H groups in total. The van der Waals surface area contributed by atoms with E-state index < -0.39 is 16.1 Å². The minimum Gasteiger partial charge on any atom is -0.353 e. The number of aromatic nitrogens is 1. The van der Waals surface area contributed by atoms with Crippen LogP contribution in [0.5, 0.6) is 0 Å². The first-order valence-corrected chi connectivity index (χ1v) is 12.9. The van der Waals surface area contributed by atoms with Gasteiger partial charge in [-0.25, -0.2) is 13.4 Å². The first-order valence-electron chi connectivity index (χ1n) is 9.62. The second-order valence-electron chi connectivity index (χ2n) is 6.92. The van der Waals surface area contributed by atoms with Gasteiger partial charge in [0.1, 0.15) is 11.9 Å². The predicted molar refractivity (Wildman–Crippen MR) is 122 cm³/mol. The summed E-state index contributed by atoms with van der Waals surface area (Å²) in [6.45, 7) is 2.26. The third-order valence-electron chi connectivity index (χ3n) is 4.89. The fourth-order valence-electron chi connectivity index (χ4n) is 3.25. The van der Waals surface area contributed by atoms with Crippen LogP contribution in [0, 0.1) is 0 Å². The van der Waals surface area contributed by atoms with Crippen LogP contribution >= 0.6 is 23.4 Å². The molecule has 2 aromatic rings. The van der Waals surface area contributed by atoms with E-state index in [0.29, 0.717) is 43.4 Å². The van der Waals surface area contributed by atoms with Gasteiger partial charge in [-0.1, -0.05) is 29.8 Å². The number of piperazine rings is 1. The zero-order chi connectivity index (χ0) is 21.6. The predicted octanol–water partition coefficient (Wildman–Crippen LogP) is 2.48. The molecule has 1 amide bonds. The van der Waals surface area contributed by atoms with E-state index in [1.807, 2.05) is 12.3 Å². The van der Waals surface area contributed by atoms with E-state index in [9.17, 15) is 13.2 Å². The van der Waals surface area contributed by atoms with Crippen LogP contribution in [0.3, 0.4) is 0 Å². The molecular weight excluding hydrogens is 444 g/mol. The van der Waals surface area contributed by atoms with Crippen LogP contribution in [0.4, 0.5) is 5.82 Å². The van der Waals surface area contributed by atoms with Gasteiger partial charge in [0, 0.05) is 32.4 Å². The van der Waals surface area contributed by atoms with E-state index in [-0.39, 0.29) is 10.8 Å². The number of carbonyl (C=O) groups is 1. The molecule has 0 aliphatic carbocycles. The third kappa shape index (κ3) is 5.87. The van der Waals surface area contributed by atoms with Gasteiger partial charge in [0.05, 0.1) is 9.92 Å². The topological polar surface area (TPSA) is 82.6 Å². The van der Waals surface area contributed by atoms with Gasteiger partial charge in [-0.3, -0.25) is 4.79 Å². The van der Waals surface area contributed by atoms with Crippen molar-refractivity contribution in [1.82, 2.24) is 14.6 Å². The first kappa shape index (κ1) is 22.9. The number of hydrogen-bond acceptors (Lipinski definition) is 6. The molecule has 0 spiro atoms. The number of hydrogen-bond donors (Lipinski definition) is 1. The number of benzene rings is 1. The van der Waals surface area contributed by atoms with Crippen LogP contribution in [0.15, 0.2) is 53.6 Å². The number of thioether (sulfide) groups is 1. The molecule has 162 valence electrons. The van der Waals surface area contributed by atoms with Crippen LogP contribution in [-0.4, -0.2) is 68.4 Å². The van der Waals surface area contributed by atoms with Crippen LogP contribution < -0.4 is 9.62 Å². The first-order chi connectivity index (χ1) is 14.4. The number of amides is 1. The summed E-state index contributed by atoms with van der Waals surface area (Å²) in [5.74, 6) is 1.31. The van der Waals surface area contributed by atoms with Crippen LogP contribution in [-0.2, 0) is 14.8 Å². The maximum Gasteiger partial charge on any atom is 0.241 e. The molecule has 0 bridgehead atoms. The van der Waals surface area contributed by atoms with Gasteiger partial charge in [-0.15, -0.1) is 0 Å². The number of nitrogens with zero attached hydrogens (tertiary/aromatic N) is 3. The van der Waals surface area contributed by atoms with E-state index in [1.54, 1.807) is 47.1 Å². The van der Waals surface area contributed by atoms with Gasteiger partial charge >= 0.3 is 0 Å². The lowest BCUT2D eigenvalue weighted by atomic mass is 10.2. The molecule has 1 unspecified atom stereocenters. The van der Waals surface area contributed by atoms with E-state index in [4.69, 9.17) is 11.6 Å². The van der Waals surface area contributed by atoms with Gasteiger partial charge in [-0.05, 0) is 42.7 Å². The summed E-state index contributed by atoms with van der Waals surface area (Å²) in [6, 6.07) is 11.0. The summed E-state index contributed by atoms with van der Waals surface area (Å²) in [6.07, 6.45) is 3.97. The molecule has 3 rings (SSSR count). The summed E-state index contributed by atoms with van der Waals surface area (Å²) in [7, 11) is -3.77. The molecule has 1 atom stereocenters. The Labute approximate surface area is 186 Å². The number of nitrogens with one attached hydrogen (secondary N) is 1. The molecule has 0 saturated carbocycles. The third-order valence-corrected chi connectivity index (χ3v) is 7.24. The Morgan fingerprint density at radius 1 is 1.17 bits per heavy atom. The lowest BCUT2D eigenvalue weighted by Crippen LogP contribution is -2.55. The fourth-order valence-corrected chi connectivity index (χ4v) is 5.08. The molecule has 7 nitrogen and oxygen atoms in total. The Balaban J connectivity index is 1.66. The highest BCUT2D eigenvalue weighted by Gasteiger charge is 2.31. The minimum atomic E-state index is -3.77. The summed E-state index contributed by atoms with van der Waals surface area (Å²) in [4.78, 5) is 21.4. The van der Waals surface area contributed by atoms with Crippen molar-refractivity contribution in [3.05, 3.63) is 53.7 Å². The van der Waals surface area contributed by atoms with Gasteiger partial charge in [0.15, 0.2) is 0 Å².